The topological polar surface area (TPSA) is 91.0 Å². The molecule has 1 aromatic rings. The van der Waals surface area contributed by atoms with E-state index in [4.69, 9.17) is 4.74 Å². The van der Waals surface area contributed by atoms with Crippen molar-refractivity contribution < 1.29 is 19.1 Å². The molecule has 1 aliphatic heterocycles. The minimum atomic E-state index is -0.847. The molecule has 3 rings (SSSR count). The first-order valence-electron chi connectivity index (χ1n) is 12.4. The normalized spacial score (nSPS) is 19.9. The Morgan fingerprint density at radius 2 is 1.79 bits per heavy atom. The van der Waals surface area contributed by atoms with Crippen molar-refractivity contribution in [2.24, 2.45) is 5.92 Å². The van der Waals surface area contributed by atoms with Crippen molar-refractivity contribution in [2.75, 3.05) is 26.7 Å². The van der Waals surface area contributed by atoms with Crippen molar-refractivity contribution in [3.05, 3.63) is 35.9 Å². The molecule has 0 spiro atoms. The standard InChI is InChI=1S/C26H40N4O4/c1-25(2,3)34-24(33)29(4)18-21-13-10-16-30(19-21)22(31)26(14-8-9-15-26)28-23(32)27-17-20-11-6-5-7-12-20/h5-7,11-12,21H,8-10,13-19H2,1-4H3,(H2,27,28,32). The van der Waals surface area contributed by atoms with Crippen molar-refractivity contribution in [3.8, 4) is 0 Å². The number of urea groups is 1. The molecule has 188 valence electrons. The first-order chi connectivity index (χ1) is 16.1. The number of carbonyl (C=O) groups excluding carboxylic acids is 3. The predicted octanol–water partition coefficient (Wildman–Crippen LogP) is 3.90. The van der Waals surface area contributed by atoms with E-state index < -0.39 is 11.1 Å². The molecular formula is C26H40N4O4. The molecule has 0 aromatic heterocycles. The van der Waals surface area contributed by atoms with Crippen LogP contribution in [0, 0.1) is 5.92 Å². The van der Waals surface area contributed by atoms with Crippen LogP contribution < -0.4 is 10.6 Å². The summed E-state index contributed by atoms with van der Waals surface area (Å²) in [5, 5.41) is 5.93. The van der Waals surface area contributed by atoms with Crippen LogP contribution in [0.15, 0.2) is 30.3 Å². The molecule has 1 aliphatic carbocycles. The molecule has 1 aromatic carbocycles. The molecule has 4 amide bonds. The van der Waals surface area contributed by atoms with Crippen molar-refractivity contribution in [1.82, 2.24) is 20.4 Å². The number of amides is 4. The molecule has 2 N–H and O–H groups in total. The number of nitrogens with zero attached hydrogens (tertiary/aromatic N) is 2. The van der Waals surface area contributed by atoms with E-state index in [1.807, 2.05) is 56.0 Å². The number of hydrogen-bond donors (Lipinski definition) is 2. The summed E-state index contributed by atoms with van der Waals surface area (Å²) in [6, 6.07) is 9.41. The van der Waals surface area contributed by atoms with Gasteiger partial charge < -0.3 is 25.2 Å². The summed E-state index contributed by atoms with van der Waals surface area (Å²) in [7, 11) is 1.74. The highest BCUT2D eigenvalue weighted by Crippen LogP contribution is 2.33. The van der Waals surface area contributed by atoms with Gasteiger partial charge in [-0.1, -0.05) is 43.2 Å². The van der Waals surface area contributed by atoms with Crippen LogP contribution in [0.1, 0.15) is 64.9 Å². The number of likely N-dealkylation sites (tertiary alicyclic amines) is 1. The molecule has 0 bridgehead atoms. The molecule has 1 heterocycles. The lowest BCUT2D eigenvalue weighted by molar-refractivity contribution is -0.139. The first kappa shape index (κ1) is 25.8. The SMILES string of the molecule is CN(CC1CCCN(C(=O)C2(NC(=O)NCc3ccccc3)CCCC2)C1)C(=O)OC(C)(C)C. The maximum absolute atomic E-state index is 13.7. The van der Waals surface area contributed by atoms with E-state index >= 15 is 0 Å². The largest absolute Gasteiger partial charge is 0.444 e. The maximum Gasteiger partial charge on any atom is 0.410 e. The van der Waals surface area contributed by atoms with Gasteiger partial charge in [0.25, 0.3) is 0 Å². The van der Waals surface area contributed by atoms with Gasteiger partial charge in [0.2, 0.25) is 5.91 Å². The summed E-state index contributed by atoms with van der Waals surface area (Å²) < 4.78 is 5.46. The first-order valence-corrected chi connectivity index (χ1v) is 12.4. The smallest absolute Gasteiger partial charge is 0.410 e. The van der Waals surface area contributed by atoms with Gasteiger partial charge in [-0.25, -0.2) is 9.59 Å². The predicted molar refractivity (Wildman–Crippen MR) is 131 cm³/mol. The molecule has 2 aliphatic rings. The molecule has 1 saturated carbocycles. The molecule has 1 unspecified atom stereocenters. The van der Waals surface area contributed by atoms with Crippen LogP contribution in [0.5, 0.6) is 0 Å². The Labute approximate surface area is 203 Å². The van der Waals surface area contributed by atoms with Crippen LogP contribution in [0.2, 0.25) is 0 Å². The molecule has 1 atom stereocenters. The zero-order valence-electron chi connectivity index (χ0n) is 21.1. The summed E-state index contributed by atoms with van der Waals surface area (Å²) in [6.45, 7) is 7.77. The molecule has 2 fully saturated rings. The molecular weight excluding hydrogens is 432 g/mol. The lowest BCUT2D eigenvalue weighted by Crippen LogP contribution is -2.61. The van der Waals surface area contributed by atoms with E-state index in [0.29, 0.717) is 39.0 Å². The number of carbonyl (C=O) groups is 3. The molecule has 8 heteroatoms. The highest BCUT2D eigenvalue weighted by atomic mass is 16.6. The van der Waals surface area contributed by atoms with Crippen LogP contribution in [-0.4, -0.2) is 65.7 Å². The Kier molecular flexibility index (Phi) is 8.44. The molecule has 34 heavy (non-hydrogen) atoms. The third-order valence-corrected chi connectivity index (χ3v) is 6.56. The van der Waals surface area contributed by atoms with Crippen molar-refractivity contribution in [2.45, 2.75) is 77.0 Å². The summed E-state index contributed by atoms with van der Waals surface area (Å²) in [5.74, 6) is 0.185. The number of piperidine rings is 1. The van der Waals surface area contributed by atoms with Crippen LogP contribution in [0.3, 0.4) is 0 Å². The van der Waals surface area contributed by atoms with Crippen molar-refractivity contribution >= 4 is 18.0 Å². The Morgan fingerprint density at radius 3 is 2.44 bits per heavy atom. The minimum absolute atomic E-state index is 0.00415. The minimum Gasteiger partial charge on any atom is -0.444 e. The lowest BCUT2D eigenvalue weighted by Gasteiger charge is -2.40. The summed E-state index contributed by atoms with van der Waals surface area (Å²) in [6.07, 6.45) is 4.64. The number of nitrogens with one attached hydrogen (secondary N) is 2. The lowest BCUT2D eigenvalue weighted by atomic mass is 9.91. The van der Waals surface area contributed by atoms with Gasteiger partial charge in [-0.3, -0.25) is 4.79 Å². The quantitative estimate of drug-likeness (QED) is 0.657. The van der Waals surface area contributed by atoms with Gasteiger partial charge in [-0.05, 0) is 57.9 Å². The van der Waals surface area contributed by atoms with Crippen molar-refractivity contribution in [1.29, 1.82) is 0 Å². The van der Waals surface area contributed by atoms with E-state index in [2.05, 4.69) is 10.6 Å². The summed E-state index contributed by atoms with van der Waals surface area (Å²) >= 11 is 0. The van der Waals surface area contributed by atoms with Gasteiger partial charge in [0.1, 0.15) is 11.1 Å². The fourth-order valence-electron chi connectivity index (χ4n) is 4.91. The van der Waals surface area contributed by atoms with Crippen LogP contribution in [-0.2, 0) is 16.1 Å². The monoisotopic (exact) mass is 472 g/mol. The molecule has 1 saturated heterocycles. The van der Waals surface area contributed by atoms with Gasteiger partial charge in [0.15, 0.2) is 0 Å². The van der Waals surface area contributed by atoms with E-state index in [1.165, 1.54) is 0 Å². The van der Waals surface area contributed by atoms with Crippen LogP contribution >= 0.6 is 0 Å². The maximum atomic E-state index is 13.7. The van der Waals surface area contributed by atoms with Gasteiger partial charge in [0.05, 0.1) is 0 Å². The van der Waals surface area contributed by atoms with E-state index in [0.717, 1.165) is 31.2 Å². The summed E-state index contributed by atoms with van der Waals surface area (Å²) in [5.41, 5.74) is -0.376. The van der Waals surface area contributed by atoms with E-state index in [1.54, 1.807) is 11.9 Å². The third-order valence-electron chi connectivity index (χ3n) is 6.56. The zero-order chi connectivity index (χ0) is 24.8. The Morgan fingerprint density at radius 1 is 1.12 bits per heavy atom. The van der Waals surface area contributed by atoms with Crippen molar-refractivity contribution in [3.63, 3.8) is 0 Å². The van der Waals surface area contributed by atoms with Crippen LogP contribution in [0.25, 0.3) is 0 Å². The average Bonchev–Trinajstić information content (AvgIpc) is 3.26. The fourth-order valence-corrected chi connectivity index (χ4v) is 4.91. The highest BCUT2D eigenvalue weighted by molar-refractivity contribution is 5.91. The Hall–Kier alpha value is -2.77. The Balaban J connectivity index is 1.57. The molecule has 8 nitrogen and oxygen atoms in total. The van der Waals surface area contributed by atoms with Gasteiger partial charge in [0, 0.05) is 33.2 Å². The van der Waals surface area contributed by atoms with E-state index in [-0.39, 0.29) is 23.9 Å². The number of rotatable bonds is 6. The highest BCUT2D eigenvalue weighted by Gasteiger charge is 2.45. The van der Waals surface area contributed by atoms with Gasteiger partial charge in [-0.15, -0.1) is 0 Å². The van der Waals surface area contributed by atoms with E-state index in [9.17, 15) is 14.4 Å². The number of hydrogen-bond acceptors (Lipinski definition) is 4. The zero-order valence-corrected chi connectivity index (χ0v) is 21.1. The second-order valence-corrected chi connectivity index (χ2v) is 10.7. The third kappa shape index (κ3) is 7.11. The average molecular weight is 473 g/mol. The second kappa shape index (κ2) is 11.1. The van der Waals surface area contributed by atoms with Crippen LogP contribution in [0.4, 0.5) is 9.59 Å². The molecule has 0 radical (unpaired) electrons. The number of ether oxygens (including phenoxy) is 1. The second-order valence-electron chi connectivity index (χ2n) is 10.7. The van der Waals surface area contributed by atoms with Gasteiger partial charge >= 0.3 is 12.1 Å². The Bertz CT molecular complexity index is 846. The summed E-state index contributed by atoms with van der Waals surface area (Å²) in [4.78, 5) is 42.2. The number of benzene rings is 1. The van der Waals surface area contributed by atoms with Gasteiger partial charge in [-0.2, -0.15) is 0 Å². The fraction of sp³-hybridized carbons (Fsp3) is 0.654.